The highest BCUT2D eigenvalue weighted by Gasteiger charge is 2.22. The van der Waals surface area contributed by atoms with Crippen molar-refractivity contribution in [2.75, 3.05) is 23.3 Å². The summed E-state index contributed by atoms with van der Waals surface area (Å²) in [6.07, 6.45) is 1.76. The summed E-state index contributed by atoms with van der Waals surface area (Å²) in [6, 6.07) is 24.8. The molecule has 1 fully saturated rings. The summed E-state index contributed by atoms with van der Waals surface area (Å²) < 4.78 is 1.72. The largest absolute Gasteiger partial charge is 0.336 e. The van der Waals surface area contributed by atoms with Crippen LogP contribution >= 0.6 is 0 Å². The van der Waals surface area contributed by atoms with Crippen molar-refractivity contribution in [3.05, 3.63) is 96.2 Å². The summed E-state index contributed by atoms with van der Waals surface area (Å²) in [7, 11) is 0. The third-order valence-corrected chi connectivity index (χ3v) is 5.56. The molecule has 7 heteroatoms. The standard InChI is InChI=1S/C26H23N5O2/c1-18-6-5-7-19(16-18)24-23(17-31(29-24)22-8-3-2-4-9-22)25(32)28-20-10-12-21(13-11-20)30-15-14-27-26(30)33/h2-13,16-17H,14-15H2,1H3,(H,27,33)(H,28,32). The maximum absolute atomic E-state index is 13.3. The Morgan fingerprint density at radius 2 is 1.76 bits per heavy atom. The fraction of sp³-hybridized carbons (Fsp3) is 0.115. The van der Waals surface area contributed by atoms with Gasteiger partial charge in [-0.15, -0.1) is 0 Å². The molecule has 3 amide bonds. The Labute approximate surface area is 191 Å². The summed E-state index contributed by atoms with van der Waals surface area (Å²) in [5.74, 6) is -0.250. The van der Waals surface area contributed by atoms with Gasteiger partial charge in [0.15, 0.2) is 0 Å². The molecule has 0 bridgehead atoms. The van der Waals surface area contributed by atoms with Gasteiger partial charge in [-0.2, -0.15) is 5.10 Å². The van der Waals surface area contributed by atoms with E-state index in [1.165, 1.54) is 0 Å². The van der Waals surface area contributed by atoms with Crippen molar-refractivity contribution in [3.8, 4) is 16.9 Å². The van der Waals surface area contributed by atoms with Gasteiger partial charge in [0.1, 0.15) is 5.69 Å². The van der Waals surface area contributed by atoms with E-state index in [1.54, 1.807) is 27.9 Å². The minimum Gasteiger partial charge on any atom is -0.336 e. The molecule has 164 valence electrons. The van der Waals surface area contributed by atoms with Gasteiger partial charge in [0.2, 0.25) is 0 Å². The number of carbonyl (C=O) groups excluding carboxylic acids is 2. The highest BCUT2D eigenvalue weighted by Crippen LogP contribution is 2.26. The minimum atomic E-state index is -0.250. The number of hydrogen-bond donors (Lipinski definition) is 2. The first-order chi connectivity index (χ1) is 16.1. The van der Waals surface area contributed by atoms with E-state index in [-0.39, 0.29) is 11.9 Å². The van der Waals surface area contributed by atoms with Crippen LogP contribution in [0.25, 0.3) is 16.9 Å². The third kappa shape index (κ3) is 4.21. The van der Waals surface area contributed by atoms with Crippen LogP contribution in [0.15, 0.2) is 85.1 Å². The number of anilines is 2. The molecule has 1 aliphatic heterocycles. The average Bonchev–Trinajstić information content (AvgIpc) is 3.47. The van der Waals surface area contributed by atoms with E-state index >= 15 is 0 Å². The van der Waals surface area contributed by atoms with E-state index in [0.29, 0.717) is 30.0 Å². The fourth-order valence-electron chi connectivity index (χ4n) is 3.90. The predicted molar refractivity (Wildman–Crippen MR) is 129 cm³/mol. The zero-order valence-electron chi connectivity index (χ0n) is 18.2. The van der Waals surface area contributed by atoms with Crippen molar-refractivity contribution in [1.82, 2.24) is 15.1 Å². The van der Waals surface area contributed by atoms with Crippen LogP contribution in [0.3, 0.4) is 0 Å². The van der Waals surface area contributed by atoms with Gasteiger partial charge < -0.3 is 10.6 Å². The lowest BCUT2D eigenvalue weighted by Gasteiger charge is -2.14. The van der Waals surface area contributed by atoms with E-state index in [0.717, 1.165) is 22.5 Å². The molecule has 33 heavy (non-hydrogen) atoms. The molecule has 0 atom stereocenters. The lowest BCUT2D eigenvalue weighted by Crippen LogP contribution is -2.27. The summed E-state index contributed by atoms with van der Waals surface area (Å²) in [4.78, 5) is 26.8. The van der Waals surface area contributed by atoms with Crippen molar-refractivity contribution in [2.24, 2.45) is 0 Å². The van der Waals surface area contributed by atoms with E-state index in [2.05, 4.69) is 10.6 Å². The van der Waals surface area contributed by atoms with Crippen LogP contribution < -0.4 is 15.5 Å². The van der Waals surface area contributed by atoms with Crippen LogP contribution in [-0.4, -0.2) is 34.8 Å². The number of carbonyl (C=O) groups is 2. The highest BCUT2D eigenvalue weighted by molar-refractivity contribution is 6.08. The van der Waals surface area contributed by atoms with Gasteiger partial charge in [-0.05, 0) is 49.4 Å². The number of nitrogens with one attached hydrogen (secondary N) is 2. The second-order valence-electron chi connectivity index (χ2n) is 7.93. The molecule has 7 nitrogen and oxygen atoms in total. The number of nitrogens with zero attached hydrogens (tertiary/aromatic N) is 3. The van der Waals surface area contributed by atoms with E-state index in [1.807, 2.05) is 73.7 Å². The van der Waals surface area contributed by atoms with Gasteiger partial charge in [0.05, 0.1) is 11.3 Å². The number of aryl methyl sites for hydroxylation is 1. The van der Waals surface area contributed by atoms with E-state index in [4.69, 9.17) is 5.10 Å². The molecule has 5 rings (SSSR count). The second kappa shape index (κ2) is 8.63. The Balaban J connectivity index is 1.45. The first-order valence-electron chi connectivity index (χ1n) is 10.8. The van der Waals surface area contributed by atoms with Crippen LogP contribution in [0.2, 0.25) is 0 Å². The van der Waals surface area contributed by atoms with Gasteiger partial charge in [0, 0.05) is 36.2 Å². The van der Waals surface area contributed by atoms with Gasteiger partial charge >= 0.3 is 6.03 Å². The summed E-state index contributed by atoms with van der Waals surface area (Å²) in [5, 5.41) is 10.5. The molecular weight excluding hydrogens is 414 g/mol. The van der Waals surface area contributed by atoms with Crippen LogP contribution in [0.5, 0.6) is 0 Å². The fourth-order valence-corrected chi connectivity index (χ4v) is 3.90. The third-order valence-electron chi connectivity index (χ3n) is 5.56. The Morgan fingerprint density at radius 1 is 0.970 bits per heavy atom. The molecule has 0 spiro atoms. The zero-order chi connectivity index (χ0) is 22.8. The maximum atomic E-state index is 13.3. The number of hydrogen-bond acceptors (Lipinski definition) is 3. The zero-order valence-corrected chi connectivity index (χ0v) is 18.2. The van der Waals surface area contributed by atoms with Crippen molar-refractivity contribution in [1.29, 1.82) is 0 Å². The van der Waals surface area contributed by atoms with Crippen molar-refractivity contribution in [2.45, 2.75) is 6.92 Å². The maximum Gasteiger partial charge on any atom is 0.321 e. The van der Waals surface area contributed by atoms with Crippen LogP contribution in [0.1, 0.15) is 15.9 Å². The Hall–Kier alpha value is -4.39. The summed E-state index contributed by atoms with van der Waals surface area (Å²) in [6.45, 7) is 3.27. The van der Waals surface area contributed by atoms with Gasteiger partial charge in [0.25, 0.3) is 5.91 Å². The number of urea groups is 1. The molecule has 0 saturated carbocycles. The monoisotopic (exact) mass is 437 g/mol. The topological polar surface area (TPSA) is 79.3 Å². The summed E-state index contributed by atoms with van der Waals surface area (Å²) >= 11 is 0. The van der Waals surface area contributed by atoms with Crippen molar-refractivity contribution in [3.63, 3.8) is 0 Å². The van der Waals surface area contributed by atoms with Gasteiger partial charge in [-0.1, -0.05) is 42.0 Å². The molecule has 4 aromatic rings. The molecule has 3 aromatic carbocycles. The number of para-hydroxylation sites is 1. The molecule has 2 N–H and O–H groups in total. The number of benzene rings is 3. The minimum absolute atomic E-state index is 0.108. The molecule has 1 aliphatic rings. The van der Waals surface area contributed by atoms with E-state index in [9.17, 15) is 9.59 Å². The first kappa shape index (κ1) is 20.5. The SMILES string of the molecule is Cc1cccc(-c2nn(-c3ccccc3)cc2C(=O)Nc2ccc(N3CCNC3=O)cc2)c1. The predicted octanol–water partition coefficient (Wildman–Crippen LogP) is 4.63. The quantitative estimate of drug-likeness (QED) is 0.478. The van der Waals surface area contributed by atoms with Crippen molar-refractivity contribution < 1.29 is 9.59 Å². The Bertz CT molecular complexity index is 1310. The molecule has 0 aliphatic carbocycles. The van der Waals surface area contributed by atoms with Crippen molar-refractivity contribution >= 4 is 23.3 Å². The lowest BCUT2D eigenvalue weighted by atomic mass is 10.1. The summed E-state index contributed by atoms with van der Waals surface area (Å²) in [5.41, 5.74) is 5.38. The average molecular weight is 438 g/mol. The molecule has 0 unspecified atom stereocenters. The number of aromatic nitrogens is 2. The second-order valence-corrected chi connectivity index (χ2v) is 7.93. The lowest BCUT2D eigenvalue weighted by molar-refractivity contribution is 0.102. The molecule has 2 heterocycles. The number of amides is 3. The molecule has 0 radical (unpaired) electrons. The first-order valence-corrected chi connectivity index (χ1v) is 10.8. The number of rotatable bonds is 5. The Morgan fingerprint density at radius 3 is 2.45 bits per heavy atom. The van der Waals surface area contributed by atoms with Gasteiger partial charge in [-0.3, -0.25) is 9.69 Å². The highest BCUT2D eigenvalue weighted by atomic mass is 16.2. The van der Waals surface area contributed by atoms with Gasteiger partial charge in [-0.25, -0.2) is 9.48 Å². The molecule has 1 saturated heterocycles. The van der Waals surface area contributed by atoms with Crippen LogP contribution in [0, 0.1) is 6.92 Å². The van der Waals surface area contributed by atoms with Crippen LogP contribution in [0.4, 0.5) is 16.2 Å². The smallest absolute Gasteiger partial charge is 0.321 e. The molecular formula is C26H23N5O2. The molecule has 1 aromatic heterocycles. The van der Waals surface area contributed by atoms with Crippen LogP contribution in [-0.2, 0) is 0 Å². The Kier molecular flexibility index (Phi) is 5.36. The van der Waals surface area contributed by atoms with E-state index < -0.39 is 0 Å². The normalized spacial score (nSPS) is 13.1.